The number of hydrogen-bond donors (Lipinski definition) is 2. The summed E-state index contributed by atoms with van der Waals surface area (Å²) in [6.07, 6.45) is 3.33. The van der Waals surface area contributed by atoms with Gasteiger partial charge >= 0.3 is 0 Å². The number of hydrogen-bond acceptors (Lipinski definition) is 2. The predicted octanol–water partition coefficient (Wildman–Crippen LogP) is 2.32. The molecule has 0 saturated carbocycles. The number of carbonyl (C=O) groups excluding carboxylic acids is 1. The molecule has 0 aromatic carbocycles. The molecule has 1 unspecified atom stereocenters. The van der Waals surface area contributed by atoms with Crippen LogP contribution in [-0.4, -0.2) is 25.0 Å². The van der Waals surface area contributed by atoms with E-state index in [1.54, 1.807) is 0 Å². The number of piperidine rings is 1. The van der Waals surface area contributed by atoms with E-state index in [9.17, 15) is 4.79 Å². The van der Waals surface area contributed by atoms with Crippen molar-refractivity contribution in [3.63, 3.8) is 0 Å². The van der Waals surface area contributed by atoms with Gasteiger partial charge in [0.2, 0.25) is 5.91 Å². The van der Waals surface area contributed by atoms with Gasteiger partial charge in [0.1, 0.15) is 0 Å². The monoisotopic (exact) mass is 240 g/mol. The molecule has 1 heterocycles. The van der Waals surface area contributed by atoms with Gasteiger partial charge < -0.3 is 10.6 Å². The maximum atomic E-state index is 12.0. The summed E-state index contributed by atoms with van der Waals surface area (Å²) in [6.45, 7) is 12.8. The van der Waals surface area contributed by atoms with Gasteiger partial charge in [-0.3, -0.25) is 4.79 Å². The summed E-state index contributed by atoms with van der Waals surface area (Å²) in [5, 5.41) is 6.38. The van der Waals surface area contributed by atoms with E-state index in [1.165, 1.54) is 6.42 Å². The van der Waals surface area contributed by atoms with Crippen LogP contribution in [0.2, 0.25) is 0 Å². The molecule has 100 valence electrons. The Morgan fingerprint density at radius 1 is 1.24 bits per heavy atom. The Balaban J connectivity index is 2.42. The number of amides is 1. The first-order chi connectivity index (χ1) is 7.74. The fraction of sp³-hybridized carbons (Fsp3) is 0.929. The lowest BCUT2D eigenvalue weighted by molar-refractivity contribution is -0.124. The Bertz CT molecular complexity index is 260. The van der Waals surface area contributed by atoms with Crippen molar-refractivity contribution in [3.8, 4) is 0 Å². The molecule has 1 atom stereocenters. The molecule has 1 fully saturated rings. The molecule has 3 nitrogen and oxygen atoms in total. The summed E-state index contributed by atoms with van der Waals surface area (Å²) in [5.41, 5.74) is 0.303. The molecule has 0 aromatic rings. The van der Waals surface area contributed by atoms with Gasteiger partial charge in [0.15, 0.2) is 0 Å². The minimum atomic E-state index is 0.0273. The summed E-state index contributed by atoms with van der Waals surface area (Å²) in [5.74, 6) is 0.169. The molecule has 1 saturated heterocycles. The van der Waals surface area contributed by atoms with Crippen LogP contribution in [0.3, 0.4) is 0 Å². The van der Waals surface area contributed by atoms with E-state index < -0.39 is 0 Å². The Kier molecular flexibility index (Phi) is 4.59. The first-order valence-electron chi connectivity index (χ1n) is 6.75. The van der Waals surface area contributed by atoms with E-state index in [-0.39, 0.29) is 22.8 Å². The maximum Gasteiger partial charge on any atom is 0.237 e. The number of nitrogens with one attached hydrogen (secondary N) is 2. The van der Waals surface area contributed by atoms with Gasteiger partial charge in [-0.25, -0.2) is 0 Å². The molecule has 0 bridgehead atoms. The lowest BCUT2D eigenvalue weighted by atomic mass is 9.69. The van der Waals surface area contributed by atoms with Crippen LogP contribution in [0.5, 0.6) is 0 Å². The van der Waals surface area contributed by atoms with Crippen LogP contribution in [0.25, 0.3) is 0 Å². The molecule has 1 aliphatic rings. The Morgan fingerprint density at radius 2 is 1.88 bits per heavy atom. The average molecular weight is 240 g/mol. The third-order valence-electron chi connectivity index (χ3n) is 4.36. The highest BCUT2D eigenvalue weighted by atomic mass is 16.2. The number of rotatable bonds is 3. The predicted molar refractivity (Wildman–Crippen MR) is 71.9 cm³/mol. The van der Waals surface area contributed by atoms with Gasteiger partial charge in [-0.15, -0.1) is 0 Å². The highest BCUT2D eigenvalue weighted by molar-refractivity contribution is 5.81. The highest BCUT2D eigenvalue weighted by Crippen LogP contribution is 2.36. The average Bonchev–Trinajstić information content (AvgIpc) is 2.25. The molecule has 1 aliphatic heterocycles. The lowest BCUT2D eigenvalue weighted by Crippen LogP contribution is -2.50. The van der Waals surface area contributed by atoms with E-state index in [4.69, 9.17) is 0 Å². The van der Waals surface area contributed by atoms with Crippen molar-refractivity contribution in [3.05, 3.63) is 0 Å². The second-order valence-corrected chi connectivity index (χ2v) is 6.85. The van der Waals surface area contributed by atoms with E-state index in [0.717, 1.165) is 25.9 Å². The van der Waals surface area contributed by atoms with Crippen LogP contribution in [0, 0.1) is 10.8 Å². The minimum absolute atomic E-state index is 0.0273. The van der Waals surface area contributed by atoms with E-state index in [1.807, 2.05) is 0 Å². The van der Waals surface area contributed by atoms with Crippen LogP contribution in [0.1, 0.15) is 53.9 Å². The fourth-order valence-electron chi connectivity index (χ4n) is 1.77. The summed E-state index contributed by atoms with van der Waals surface area (Å²) < 4.78 is 0. The zero-order valence-electron chi connectivity index (χ0n) is 12.0. The molecule has 0 aliphatic carbocycles. The first kappa shape index (κ1) is 14.5. The van der Waals surface area contributed by atoms with Crippen molar-refractivity contribution in [2.24, 2.45) is 10.8 Å². The maximum absolute atomic E-state index is 12.0. The van der Waals surface area contributed by atoms with Gasteiger partial charge in [-0.2, -0.15) is 0 Å². The Morgan fingerprint density at radius 3 is 2.35 bits per heavy atom. The second-order valence-electron chi connectivity index (χ2n) is 6.85. The molecular weight excluding hydrogens is 212 g/mol. The van der Waals surface area contributed by atoms with Crippen LogP contribution < -0.4 is 10.6 Å². The Hall–Kier alpha value is -0.570. The van der Waals surface area contributed by atoms with E-state index >= 15 is 0 Å². The summed E-state index contributed by atoms with van der Waals surface area (Å²) in [6, 6.07) is 0.0273. The largest absolute Gasteiger partial charge is 0.354 e. The third-order valence-corrected chi connectivity index (χ3v) is 4.36. The topological polar surface area (TPSA) is 41.1 Å². The number of carbonyl (C=O) groups is 1. The lowest BCUT2D eigenvalue weighted by Gasteiger charge is -2.39. The van der Waals surface area contributed by atoms with Crippen molar-refractivity contribution in [1.82, 2.24) is 10.6 Å². The zero-order chi connectivity index (χ0) is 13.1. The summed E-state index contributed by atoms with van der Waals surface area (Å²) in [7, 11) is 0. The molecular formula is C14H28N2O. The molecule has 0 radical (unpaired) electrons. The van der Waals surface area contributed by atoms with Gasteiger partial charge in [0.25, 0.3) is 0 Å². The van der Waals surface area contributed by atoms with Crippen molar-refractivity contribution >= 4 is 5.91 Å². The van der Waals surface area contributed by atoms with Crippen molar-refractivity contribution in [1.29, 1.82) is 0 Å². The molecule has 0 aromatic heterocycles. The van der Waals surface area contributed by atoms with Gasteiger partial charge in [-0.05, 0) is 30.2 Å². The molecule has 17 heavy (non-hydrogen) atoms. The van der Waals surface area contributed by atoms with Crippen molar-refractivity contribution < 1.29 is 4.79 Å². The van der Waals surface area contributed by atoms with Crippen LogP contribution in [0.4, 0.5) is 0 Å². The quantitative estimate of drug-likeness (QED) is 0.795. The van der Waals surface area contributed by atoms with Gasteiger partial charge in [0.05, 0.1) is 6.04 Å². The van der Waals surface area contributed by atoms with Crippen molar-refractivity contribution in [2.45, 2.75) is 59.9 Å². The standard InChI is InChI=1S/C14H28N2O/c1-13(2,3)14(4,5)10-16-12(17)11-8-6-7-9-15-11/h11,15H,6-10H2,1-5H3,(H,16,17). The molecule has 1 amide bonds. The van der Waals surface area contributed by atoms with Gasteiger partial charge in [-0.1, -0.05) is 41.0 Å². The van der Waals surface area contributed by atoms with Crippen LogP contribution >= 0.6 is 0 Å². The second kappa shape index (κ2) is 5.38. The summed E-state index contributed by atoms with van der Waals surface area (Å²) >= 11 is 0. The summed E-state index contributed by atoms with van der Waals surface area (Å²) in [4.78, 5) is 12.0. The third kappa shape index (κ3) is 3.98. The van der Waals surface area contributed by atoms with Crippen LogP contribution in [0.15, 0.2) is 0 Å². The smallest absolute Gasteiger partial charge is 0.237 e. The first-order valence-corrected chi connectivity index (χ1v) is 6.75. The van der Waals surface area contributed by atoms with Crippen molar-refractivity contribution in [2.75, 3.05) is 13.1 Å². The molecule has 3 heteroatoms. The Labute approximate surface area is 106 Å². The highest BCUT2D eigenvalue weighted by Gasteiger charge is 2.33. The van der Waals surface area contributed by atoms with Crippen LogP contribution in [-0.2, 0) is 4.79 Å². The SMILES string of the molecule is CC(C)(C)C(C)(C)CNC(=O)C1CCCCN1. The molecule has 2 N–H and O–H groups in total. The zero-order valence-corrected chi connectivity index (χ0v) is 12.0. The van der Waals surface area contributed by atoms with E-state index in [0.29, 0.717) is 0 Å². The van der Waals surface area contributed by atoms with Gasteiger partial charge in [0, 0.05) is 6.54 Å². The fourth-order valence-corrected chi connectivity index (χ4v) is 1.77. The molecule has 1 rings (SSSR count). The molecule has 0 spiro atoms. The minimum Gasteiger partial charge on any atom is -0.354 e. The van der Waals surface area contributed by atoms with E-state index in [2.05, 4.69) is 45.3 Å². The normalized spacial score (nSPS) is 22.3.